The summed E-state index contributed by atoms with van der Waals surface area (Å²) in [6.45, 7) is 0.552. The lowest BCUT2D eigenvalue weighted by Gasteiger charge is -2.08. The van der Waals surface area contributed by atoms with E-state index in [4.69, 9.17) is 5.11 Å². The molecule has 0 spiro atoms. The van der Waals surface area contributed by atoms with Crippen LogP contribution >= 0.6 is 0 Å². The topological polar surface area (TPSA) is 104 Å². The van der Waals surface area contributed by atoms with Crippen LogP contribution in [0.3, 0.4) is 0 Å². The molecule has 1 amide bonds. The Bertz CT molecular complexity index is 1080. The first-order chi connectivity index (χ1) is 13.2. The molecule has 134 valence electrons. The van der Waals surface area contributed by atoms with E-state index in [1.807, 2.05) is 18.2 Å². The van der Waals surface area contributed by atoms with Crippen molar-refractivity contribution in [3.8, 4) is 11.1 Å². The molecule has 0 aliphatic carbocycles. The third-order valence-corrected chi connectivity index (χ3v) is 4.07. The molecule has 0 bridgehead atoms. The largest absolute Gasteiger partial charge is 0.465 e. The molecule has 0 aliphatic rings. The van der Waals surface area contributed by atoms with Crippen LogP contribution in [0.5, 0.6) is 0 Å². The van der Waals surface area contributed by atoms with Gasteiger partial charge >= 0.3 is 6.09 Å². The van der Waals surface area contributed by atoms with Crippen LogP contribution in [0.15, 0.2) is 67.0 Å². The van der Waals surface area contributed by atoms with Gasteiger partial charge in [0.25, 0.3) is 0 Å². The second kappa shape index (κ2) is 7.12. The second-order valence-corrected chi connectivity index (χ2v) is 5.84. The summed E-state index contributed by atoms with van der Waals surface area (Å²) in [5.41, 5.74) is 3.86. The summed E-state index contributed by atoms with van der Waals surface area (Å²) in [5, 5.41) is 22.1. The summed E-state index contributed by atoms with van der Waals surface area (Å²) < 4.78 is 1.53. The van der Waals surface area contributed by atoms with Crippen LogP contribution in [0.2, 0.25) is 0 Å². The highest BCUT2D eigenvalue weighted by Gasteiger charge is 2.11. The van der Waals surface area contributed by atoms with E-state index in [0.717, 1.165) is 11.1 Å². The number of benzene rings is 2. The molecule has 2 aromatic carbocycles. The monoisotopic (exact) mass is 360 g/mol. The Balaban J connectivity index is 1.50. The summed E-state index contributed by atoms with van der Waals surface area (Å²) in [5.74, 6) is 0.644. The molecule has 2 aromatic heterocycles. The molecule has 2 heterocycles. The summed E-state index contributed by atoms with van der Waals surface area (Å²) in [6.07, 6.45) is 1.96. The molecule has 4 rings (SSSR count). The Morgan fingerprint density at radius 3 is 2.48 bits per heavy atom. The van der Waals surface area contributed by atoms with E-state index in [9.17, 15) is 4.79 Å². The second-order valence-electron chi connectivity index (χ2n) is 5.84. The number of nitrogens with one attached hydrogen (secondary N) is 2. The number of anilines is 2. The Morgan fingerprint density at radius 1 is 1.00 bits per heavy atom. The summed E-state index contributed by atoms with van der Waals surface area (Å²) in [6, 6.07) is 18.4. The first-order valence-electron chi connectivity index (χ1n) is 8.28. The smallest absolute Gasteiger partial charge is 0.411 e. The van der Waals surface area contributed by atoms with Gasteiger partial charge in [-0.2, -0.15) is 0 Å². The quantitative estimate of drug-likeness (QED) is 0.503. The standard InChI is InChI=1S/C19H16N6O2/c26-19(27)22-18-24-23-17-16(20-10-11-25(17)18)21-12-13-6-8-15(9-7-13)14-4-2-1-3-5-14/h1-11H,12H2,(H,20,21)(H,22,24)(H,26,27). The fourth-order valence-electron chi connectivity index (χ4n) is 2.76. The van der Waals surface area contributed by atoms with Gasteiger partial charge in [0.1, 0.15) is 0 Å². The van der Waals surface area contributed by atoms with E-state index in [2.05, 4.69) is 62.2 Å². The average Bonchev–Trinajstić information content (AvgIpc) is 3.10. The van der Waals surface area contributed by atoms with Crippen LogP contribution in [0.1, 0.15) is 5.56 Å². The number of carbonyl (C=O) groups is 1. The Labute approximate surface area is 154 Å². The van der Waals surface area contributed by atoms with Crippen molar-refractivity contribution in [1.82, 2.24) is 19.6 Å². The van der Waals surface area contributed by atoms with Crippen molar-refractivity contribution < 1.29 is 9.90 Å². The highest BCUT2D eigenvalue weighted by atomic mass is 16.4. The molecule has 0 unspecified atom stereocenters. The Hall–Kier alpha value is -3.94. The molecule has 0 fully saturated rings. The number of hydrogen-bond acceptors (Lipinski definition) is 5. The number of amides is 1. The number of nitrogens with zero attached hydrogens (tertiary/aromatic N) is 4. The number of hydrogen-bond donors (Lipinski definition) is 3. The molecule has 4 aromatic rings. The molecular weight excluding hydrogens is 344 g/mol. The minimum atomic E-state index is -1.20. The van der Waals surface area contributed by atoms with Gasteiger partial charge in [-0.15, -0.1) is 10.2 Å². The lowest BCUT2D eigenvalue weighted by molar-refractivity contribution is 0.209. The summed E-state index contributed by atoms with van der Waals surface area (Å²) >= 11 is 0. The van der Waals surface area contributed by atoms with Gasteiger partial charge in [-0.3, -0.25) is 9.72 Å². The van der Waals surface area contributed by atoms with Crippen LogP contribution in [0.4, 0.5) is 16.6 Å². The van der Waals surface area contributed by atoms with Crippen molar-refractivity contribution in [2.24, 2.45) is 0 Å². The highest BCUT2D eigenvalue weighted by molar-refractivity contribution is 5.81. The van der Waals surface area contributed by atoms with Crippen molar-refractivity contribution in [3.63, 3.8) is 0 Å². The third kappa shape index (κ3) is 3.54. The van der Waals surface area contributed by atoms with Gasteiger partial charge in [-0.05, 0) is 16.7 Å². The van der Waals surface area contributed by atoms with E-state index in [0.29, 0.717) is 18.0 Å². The average molecular weight is 360 g/mol. The Morgan fingerprint density at radius 2 is 1.74 bits per heavy atom. The van der Waals surface area contributed by atoms with Gasteiger partial charge in [0.15, 0.2) is 5.82 Å². The molecule has 0 radical (unpaired) electrons. The fourth-order valence-corrected chi connectivity index (χ4v) is 2.76. The lowest BCUT2D eigenvalue weighted by Crippen LogP contribution is -2.10. The normalized spacial score (nSPS) is 10.7. The SMILES string of the molecule is O=C(O)Nc1nnc2c(NCc3ccc(-c4ccccc4)cc3)nccn12. The van der Waals surface area contributed by atoms with Crippen LogP contribution in [0.25, 0.3) is 16.8 Å². The van der Waals surface area contributed by atoms with Gasteiger partial charge in [0.05, 0.1) is 0 Å². The zero-order valence-electron chi connectivity index (χ0n) is 14.2. The minimum Gasteiger partial charge on any atom is -0.465 e. The molecular formula is C19H16N6O2. The molecule has 8 heteroatoms. The zero-order chi connectivity index (χ0) is 18.6. The summed E-state index contributed by atoms with van der Waals surface area (Å²) in [7, 11) is 0. The maximum Gasteiger partial charge on any atom is 0.411 e. The highest BCUT2D eigenvalue weighted by Crippen LogP contribution is 2.20. The van der Waals surface area contributed by atoms with Gasteiger partial charge in [-0.25, -0.2) is 9.78 Å². The van der Waals surface area contributed by atoms with Gasteiger partial charge in [0, 0.05) is 18.9 Å². The first kappa shape index (κ1) is 16.5. The molecule has 0 saturated heterocycles. The molecule has 3 N–H and O–H groups in total. The first-order valence-corrected chi connectivity index (χ1v) is 8.28. The zero-order valence-corrected chi connectivity index (χ0v) is 14.2. The number of rotatable bonds is 5. The third-order valence-electron chi connectivity index (χ3n) is 4.07. The van der Waals surface area contributed by atoms with Crippen molar-refractivity contribution in [1.29, 1.82) is 0 Å². The predicted molar refractivity (Wildman–Crippen MR) is 102 cm³/mol. The molecule has 8 nitrogen and oxygen atoms in total. The molecule has 0 saturated carbocycles. The Kier molecular flexibility index (Phi) is 4.36. The van der Waals surface area contributed by atoms with Gasteiger partial charge < -0.3 is 10.4 Å². The number of carboxylic acid groups (broad SMARTS) is 1. The van der Waals surface area contributed by atoms with Crippen LogP contribution in [-0.2, 0) is 6.54 Å². The minimum absolute atomic E-state index is 0.121. The molecule has 0 atom stereocenters. The molecule has 0 aliphatic heterocycles. The molecule has 27 heavy (non-hydrogen) atoms. The lowest BCUT2D eigenvalue weighted by atomic mass is 10.0. The van der Waals surface area contributed by atoms with Crippen molar-refractivity contribution in [2.75, 3.05) is 10.6 Å². The van der Waals surface area contributed by atoms with Crippen LogP contribution in [0, 0.1) is 0 Å². The predicted octanol–water partition coefficient (Wildman–Crippen LogP) is 3.49. The van der Waals surface area contributed by atoms with Crippen molar-refractivity contribution >= 4 is 23.5 Å². The van der Waals surface area contributed by atoms with E-state index in [-0.39, 0.29) is 5.95 Å². The van der Waals surface area contributed by atoms with E-state index in [1.165, 1.54) is 9.96 Å². The number of fused-ring (bicyclic) bond motifs is 1. The maximum atomic E-state index is 10.8. The fraction of sp³-hybridized carbons (Fsp3) is 0.0526. The van der Waals surface area contributed by atoms with Crippen LogP contribution < -0.4 is 10.6 Å². The number of aromatic nitrogens is 4. The summed E-state index contributed by atoms with van der Waals surface area (Å²) in [4.78, 5) is 15.1. The van der Waals surface area contributed by atoms with Gasteiger partial charge in [0.2, 0.25) is 11.6 Å². The van der Waals surface area contributed by atoms with E-state index >= 15 is 0 Å². The van der Waals surface area contributed by atoms with Crippen molar-refractivity contribution in [3.05, 3.63) is 72.6 Å². The maximum absolute atomic E-state index is 10.8. The van der Waals surface area contributed by atoms with E-state index < -0.39 is 6.09 Å². The van der Waals surface area contributed by atoms with Crippen molar-refractivity contribution in [2.45, 2.75) is 6.54 Å². The van der Waals surface area contributed by atoms with Crippen LogP contribution in [-0.4, -0.2) is 30.8 Å². The van der Waals surface area contributed by atoms with Gasteiger partial charge in [-0.1, -0.05) is 54.6 Å². The van der Waals surface area contributed by atoms with E-state index in [1.54, 1.807) is 12.4 Å².